The number of aromatic nitrogens is 1. The van der Waals surface area contributed by atoms with Gasteiger partial charge in [0.2, 0.25) is 0 Å². The highest BCUT2D eigenvalue weighted by Crippen LogP contribution is 2.16. The minimum atomic E-state index is 0.325. The zero-order chi connectivity index (χ0) is 15.6. The average Bonchev–Trinajstić information content (AvgIpc) is 2.80. The maximum atomic E-state index is 5.70. The lowest BCUT2D eigenvalue weighted by Crippen LogP contribution is -2.37. The number of hydrogen-bond acceptors (Lipinski definition) is 4. The molecule has 22 heavy (non-hydrogen) atoms. The molecule has 0 unspecified atom stereocenters. The first-order chi connectivity index (χ1) is 10.8. The summed E-state index contributed by atoms with van der Waals surface area (Å²) in [5.74, 6) is 0. The summed E-state index contributed by atoms with van der Waals surface area (Å²) < 4.78 is 5.70. The summed E-state index contributed by atoms with van der Waals surface area (Å²) in [6.45, 7) is 9.38. The van der Waals surface area contributed by atoms with Crippen LogP contribution in [0, 0.1) is 0 Å². The van der Waals surface area contributed by atoms with Gasteiger partial charge in [0.05, 0.1) is 11.8 Å². The third-order valence-electron chi connectivity index (χ3n) is 4.19. The maximum Gasteiger partial charge on any atom is 0.0544 e. The molecule has 1 aliphatic rings. The molecule has 0 amide bonds. The molecule has 1 atom stereocenters. The van der Waals surface area contributed by atoms with Crippen LogP contribution in [0.1, 0.15) is 45.2 Å². The van der Waals surface area contributed by atoms with Gasteiger partial charge in [-0.15, -0.1) is 0 Å². The number of nitrogens with one attached hydrogen (secondary N) is 1. The van der Waals surface area contributed by atoms with Crippen molar-refractivity contribution >= 4 is 0 Å². The van der Waals surface area contributed by atoms with Gasteiger partial charge in [0.1, 0.15) is 0 Å². The molecule has 0 aromatic carbocycles. The molecule has 1 saturated heterocycles. The van der Waals surface area contributed by atoms with Crippen LogP contribution in [0.3, 0.4) is 0 Å². The second kappa shape index (κ2) is 9.93. The van der Waals surface area contributed by atoms with E-state index >= 15 is 0 Å². The second-order valence-electron chi connectivity index (χ2n) is 6.40. The summed E-state index contributed by atoms with van der Waals surface area (Å²) in [4.78, 5) is 7.11. The summed E-state index contributed by atoms with van der Waals surface area (Å²) in [5, 5.41) is 3.51. The molecule has 1 fully saturated rings. The highest BCUT2D eigenvalue weighted by molar-refractivity contribution is 5.03. The Morgan fingerprint density at radius 2 is 2.23 bits per heavy atom. The van der Waals surface area contributed by atoms with Crippen LogP contribution in [0.25, 0.3) is 0 Å². The van der Waals surface area contributed by atoms with Crippen molar-refractivity contribution in [3.63, 3.8) is 0 Å². The van der Waals surface area contributed by atoms with Gasteiger partial charge in [-0.1, -0.05) is 6.07 Å². The molecule has 4 nitrogen and oxygen atoms in total. The van der Waals surface area contributed by atoms with E-state index in [-0.39, 0.29) is 0 Å². The van der Waals surface area contributed by atoms with Crippen molar-refractivity contribution in [1.29, 1.82) is 0 Å². The molecule has 0 spiro atoms. The zero-order valence-corrected chi connectivity index (χ0v) is 14.1. The van der Waals surface area contributed by atoms with Crippen LogP contribution < -0.4 is 5.32 Å². The predicted octanol–water partition coefficient (Wildman–Crippen LogP) is 2.84. The van der Waals surface area contributed by atoms with E-state index in [4.69, 9.17) is 4.74 Å². The highest BCUT2D eigenvalue weighted by Gasteiger charge is 2.20. The molecule has 0 bridgehead atoms. The molecule has 0 radical (unpaired) electrons. The smallest absolute Gasteiger partial charge is 0.0544 e. The Labute approximate surface area is 135 Å². The molecular weight excluding hydrogens is 274 g/mol. The van der Waals surface area contributed by atoms with E-state index in [1.807, 2.05) is 12.3 Å². The van der Waals surface area contributed by atoms with E-state index in [1.54, 1.807) is 0 Å². The molecule has 1 N–H and O–H groups in total. The van der Waals surface area contributed by atoms with Crippen molar-refractivity contribution < 1.29 is 4.74 Å². The van der Waals surface area contributed by atoms with Crippen LogP contribution in [0.15, 0.2) is 24.4 Å². The highest BCUT2D eigenvalue weighted by atomic mass is 16.5. The van der Waals surface area contributed by atoms with Crippen molar-refractivity contribution in [2.24, 2.45) is 0 Å². The van der Waals surface area contributed by atoms with Crippen LogP contribution in [0.2, 0.25) is 0 Å². The van der Waals surface area contributed by atoms with Crippen molar-refractivity contribution in [3.8, 4) is 0 Å². The molecule has 0 aliphatic carbocycles. The van der Waals surface area contributed by atoms with Crippen LogP contribution in [0.5, 0.6) is 0 Å². The van der Waals surface area contributed by atoms with Crippen molar-refractivity contribution in [3.05, 3.63) is 30.1 Å². The first-order valence-corrected chi connectivity index (χ1v) is 8.72. The lowest BCUT2D eigenvalue weighted by molar-refractivity contribution is 0.0641. The molecular formula is C18H31N3O. The van der Waals surface area contributed by atoms with Crippen LogP contribution in [-0.4, -0.2) is 48.3 Å². The Balaban J connectivity index is 1.90. The maximum absolute atomic E-state index is 5.70. The topological polar surface area (TPSA) is 37.4 Å². The Morgan fingerprint density at radius 3 is 3.00 bits per heavy atom. The molecule has 2 heterocycles. The van der Waals surface area contributed by atoms with Gasteiger partial charge in [-0.2, -0.15) is 0 Å². The Kier molecular flexibility index (Phi) is 7.85. The summed E-state index contributed by atoms with van der Waals surface area (Å²) in [6.07, 6.45) is 7.10. The van der Waals surface area contributed by atoms with Gasteiger partial charge >= 0.3 is 0 Å². The normalized spacial score (nSPS) is 19.5. The largest absolute Gasteiger partial charge is 0.379 e. The van der Waals surface area contributed by atoms with Gasteiger partial charge in [0.25, 0.3) is 0 Å². The van der Waals surface area contributed by atoms with Gasteiger partial charge in [-0.05, 0) is 64.8 Å². The van der Waals surface area contributed by atoms with E-state index in [0.29, 0.717) is 12.1 Å². The minimum absolute atomic E-state index is 0.325. The molecule has 1 aliphatic heterocycles. The third kappa shape index (κ3) is 6.42. The molecule has 1 aromatic heterocycles. The lowest BCUT2D eigenvalue weighted by atomic mass is 10.1. The summed E-state index contributed by atoms with van der Waals surface area (Å²) in [6, 6.07) is 6.86. The fourth-order valence-corrected chi connectivity index (χ4v) is 3.04. The molecule has 1 aromatic rings. The molecule has 2 rings (SSSR count). The predicted molar refractivity (Wildman–Crippen MR) is 90.9 cm³/mol. The monoisotopic (exact) mass is 305 g/mol. The standard InChI is InChI=1S/C18H31N3O/c1-16(2)22-14-6-13-21(15-17-7-3-4-11-20-17)18-8-5-10-19-12-9-18/h3-4,7,11,16,18-19H,5-6,8-10,12-15H2,1-2H3/t18-/m0/s1. The fourth-order valence-electron chi connectivity index (χ4n) is 3.04. The average molecular weight is 305 g/mol. The SMILES string of the molecule is CC(C)OCCCN(Cc1ccccn1)[C@H]1CCCNCC1. The number of ether oxygens (including phenoxy) is 1. The van der Waals surface area contributed by atoms with Crippen LogP contribution in [0.4, 0.5) is 0 Å². The summed E-state index contributed by atoms with van der Waals surface area (Å²) in [5.41, 5.74) is 1.17. The number of nitrogens with zero attached hydrogens (tertiary/aromatic N) is 2. The summed E-state index contributed by atoms with van der Waals surface area (Å²) >= 11 is 0. The van der Waals surface area contributed by atoms with Gasteiger partial charge in [-0.3, -0.25) is 9.88 Å². The third-order valence-corrected chi connectivity index (χ3v) is 4.19. The summed E-state index contributed by atoms with van der Waals surface area (Å²) in [7, 11) is 0. The van der Waals surface area contributed by atoms with E-state index in [0.717, 1.165) is 39.2 Å². The van der Waals surface area contributed by atoms with E-state index < -0.39 is 0 Å². The minimum Gasteiger partial charge on any atom is -0.379 e. The zero-order valence-electron chi connectivity index (χ0n) is 14.1. The van der Waals surface area contributed by atoms with Gasteiger partial charge in [0, 0.05) is 31.9 Å². The lowest BCUT2D eigenvalue weighted by Gasteiger charge is -2.31. The fraction of sp³-hybridized carbons (Fsp3) is 0.722. The second-order valence-corrected chi connectivity index (χ2v) is 6.40. The van der Waals surface area contributed by atoms with Gasteiger partial charge < -0.3 is 10.1 Å². The molecule has 4 heteroatoms. The van der Waals surface area contributed by atoms with Crippen molar-refractivity contribution in [1.82, 2.24) is 15.2 Å². The number of pyridine rings is 1. The first kappa shape index (κ1) is 17.4. The molecule has 0 saturated carbocycles. The van der Waals surface area contributed by atoms with E-state index in [9.17, 15) is 0 Å². The Hall–Kier alpha value is -0.970. The van der Waals surface area contributed by atoms with Gasteiger partial charge in [-0.25, -0.2) is 0 Å². The van der Waals surface area contributed by atoms with Gasteiger partial charge in [0.15, 0.2) is 0 Å². The van der Waals surface area contributed by atoms with E-state index in [1.165, 1.54) is 25.0 Å². The number of rotatable bonds is 8. The Bertz CT molecular complexity index is 389. The Morgan fingerprint density at radius 1 is 1.32 bits per heavy atom. The quantitative estimate of drug-likeness (QED) is 0.750. The van der Waals surface area contributed by atoms with Crippen LogP contribution >= 0.6 is 0 Å². The van der Waals surface area contributed by atoms with Crippen molar-refractivity contribution in [2.45, 2.75) is 58.2 Å². The number of hydrogen-bond donors (Lipinski definition) is 1. The first-order valence-electron chi connectivity index (χ1n) is 8.72. The van der Waals surface area contributed by atoms with Crippen molar-refractivity contribution in [2.75, 3.05) is 26.2 Å². The van der Waals surface area contributed by atoms with Crippen LogP contribution in [-0.2, 0) is 11.3 Å². The van der Waals surface area contributed by atoms with E-state index in [2.05, 4.69) is 41.2 Å². The molecule has 124 valence electrons.